The Hall–Kier alpha value is -2.43. The molecule has 2 aromatic rings. The lowest BCUT2D eigenvalue weighted by Crippen LogP contribution is -2.40. The number of aliphatic carboxylic acids is 1. The molecule has 1 unspecified atom stereocenters. The fourth-order valence-corrected chi connectivity index (χ4v) is 3.25. The molecule has 0 aliphatic carbocycles. The average Bonchev–Trinajstić information content (AvgIpc) is 2.59. The fraction of sp³-hybridized carbons (Fsp3) is 0.389. The van der Waals surface area contributed by atoms with Crippen molar-refractivity contribution in [2.45, 2.75) is 25.7 Å². The van der Waals surface area contributed by atoms with Crippen LogP contribution in [0.1, 0.15) is 36.2 Å². The zero-order chi connectivity index (χ0) is 16.2. The highest BCUT2D eigenvalue weighted by atomic mass is 16.4. The number of carboxylic acid groups (broad SMARTS) is 1. The van der Waals surface area contributed by atoms with Gasteiger partial charge >= 0.3 is 5.97 Å². The van der Waals surface area contributed by atoms with Crippen LogP contribution in [-0.4, -0.2) is 40.0 Å². The van der Waals surface area contributed by atoms with Gasteiger partial charge in [-0.1, -0.05) is 24.3 Å². The lowest BCUT2D eigenvalue weighted by molar-refractivity contribution is -0.137. The number of carbonyl (C=O) groups excluding carboxylic acids is 1. The van der Waals surface area contributed by atoms with Gasteiger partial charge in [-0.2, -0.15) is 0 Å². The predicted molar refractivity (Wildman–Crippen MR) is 87.2 cm³/mol. The third-order valence-corrected chi connectivity index (χ3v) is 4.45. The summed E-state index contributed by atoms with van der Waals surface area (Å²) in [6.45, 7) is 1.34. The van der Waals surface area contributed by atoms with E-state index in [1.165, 1.54) is 0 Å². The van der Waals surface area contributed by atoms with Crippen LogP contribution in [0.3, 0.4) is 0 Å². The number of fused-ring (bicyclic) bond motifs is 1. The van der Waals surface area contributed by atoms with Gasteiger partial charge in [0.05, 0.1) is 0 Å². The van der Waals surface area contributed by atoms with E-state index in [1.54, 1.807) is 6.20 Å². The van der Waals surface area contributed by atoms with Gasteiger partial charge in [0.1, 0.15) is 5.69 Å². The van der Waals surface area contributed by atoms with E-state index in [9.17, 15) is 9.59 Å². The topological polar surface area (TPSA) is 70.5 Å². The van der Waals surface area contributed by atoms with Crippen LogP contribution in [-0.2, 0) is 4.79 Å². The second-order valence-corrected chi connectivity index (χ2v) is 6.07. The zero-order valence-electron chi connectivity index (χ0n) is 12.9. The number of nitrogens with zero attached hydrogens (tertiary/aromatic N) is 2. The Morgan fingerprint density at radius 3 is 2.91 bits per heavy atom. The van der Waals surface area contributed by atoms with Gasteiger partial charge in [-0.15, -0.1) is 0 Å². The Labute approximate surface area is 134 Å². The summed E-state index contributed by atoms with van der Waals surface area (Å²) < 4.78 is 0. The highest BCUT2D eigenvalue weighted by Gasteiger charge is 2.26. The third-order valence-electron chi connectivity index (χ3n) is 4.45. The molecular formula is C18H20N2O3. The molecule has 3 rings (SSSR count). The van der Waals surface area contributed by atoms with Gasteiger partial charge in [0, 0.05) is 31.1 Å². The minimum absolute atomic E-state index is 0.0539. The summed E-state index contributed by atoms with van der Waals surface area (Å²) in [5.74, 6) is -0.565. The van der Waals surface area contributed by atoms with E-state index in [0.29, 0.717) is 25.2 Å². The summed E-state index contributed by atoms with van der Waals surface area (Å²) in [6, 6.07) is 9.64. The average molecular weight is 312 g/mol. The van der Waals surface area contributed by atoms with E-state index in [0.717, 1.165) is 23.6 Å². The molecule has 1 aromatic carbocycles. The van der Waals surface area contributed by atoms with E-state index in [4.69, 9.17) is 5.11 Å². The van der Waals surface area contributed by atoms with Crippen molar-refractivity contribution in [2.75, 3.05) is 13.1 Å². The Kier molecular flexibility index (Phi) is 4.55. The molecule has 2 heterocycles. The largest absolute Gasteiger partial charge is 0.481 e. The highest BCUT2D eigenvalue weighted by Crippen LogP contribution is 2.24. The second-order valence-electron chi connectivity index (χ2n) is 6.07. The lowest BCUT2D eigenvalue weighted by Gasteiger charge is -2.32. The second kappa shape index (κ2) is 6.77. The Morgan fingerprint density at radius 1 is 1.26 bits per heavy atom. The van der Waals surface area contributed by atoms with E-state index in [-0.39, 0.29) is 18.2 Å². The first-order valence-electron chi connectivity index (χ1n) is 8.00. The molecule has 0 saturated carbocycles. The van der Waals surface area contributed by atoms with Gasteiger partial charge in [-0.25, -0.2) is 0 Å². The van der Waals surface area contributed by atoms with Crippen LogP contribution in [0.5, 0.6) is 0 Å². The number of carbonyl (C=O) groups is 2. The molecular weight excluding hydrogens is 292 g/mol. The van der Waals surface area contributed by atoms with Gasteiger partial charge < -0.3 is 10.0 Å². The monoisotopic (exact) mass is 312 g/mol. The number of aromatic nitrogens is 1. The number of carboxylic acids is 1. The maximum absolute atomic E-state index is 12.8. The SMILES string of the molecule is O=C(O)CCC1CCCN(C(=O)c2nccc3ccccc23)C1. The maximum atomic E-state index is 12.8. The fourth-order valence-electron chi connectivity index (χ4n) is 3.25. The molecule has 1 aliphatic rings. The van der Waals surface area contributed by atoms with Crippen molar-refractivity contribution in [3.8, 4) is 0 Å². The van der Waals surface area contributed by atoms with Crippen molar-refractivity contribution in [1.29, 1.82) is 0 Å². The molecule has 1 aliphatic heterocycles. The van der Waals surface area contributed by atoms with E-state index >= 15 is 0 Å². The summed E-state index contributed by atoms with van der Waals surface area (Å²) in [5, 5.41) is 10.7. The molecule has 1 atom stereocenters. The van der Waals surface area contributed by atoms with E-state index in [1.807, 2.05) is 35.2 Å². The Bertz CT molecular complexity index is 724. The summed E-state index contributed by atoms with van der Waals surface area (Å²) in [6.07, 6.45) is 4.36. The van der Waals surface area contributed by atoms with Gasteiger partial charge in [0.2, 0.25) is 0 Å². The van der Waals surface area contributed by atoms with Crippen molar-refractivity contribution in [2.24, 2.45) is 5.92 Å². The molecule has 5 heteroatoms. The van der Waals surface area contributed by atoms with Gasteiger partial charge in [0.25, 0.3) is 5.91 Å². The van der Waals surface area contributed by atoms with Crippen LogP contribution in [0.15, 0.2) is 36.5 Å². The predicted octanol–water partition coefficient (Wildman–Crippen LogP) is 2.95. The molecule has 120 valence electrons. The summed E-state index contributed by atoms with van der Waals surface area (Å²) in [5.41, 5.74) is 0.488. The number of likely N-dealkylation sites (tertiary alicyclic amines) is 1. The first-order valence-corrected chi connectivity index (χ1v) is 8.00. The zero-order valence-corrected chi connectivity index (χ0v) is 12.9. The molecule has 0 radical (unpaired) electrons. The first kappa shape index (κ1) is 15.5. The van der Waals surface area contributed by atoms with Crippen molar-refractivity contribution in [3.63, 3.8) is 0 Å². The lowest BCUT2D eigenvalue weighted by atomic mass is 9.93. The molecule has 5 nitrogen and oxygen atoms in total. The maximum Gasteiger partial charge on any atom is 0.303 e. The molecule has 1 amide bonds. The molecule has 1 aromatic heterocycles. The quantitative estimate of drug-likeness (QED) is 0.942. The summed E-state index contributed by atoms with van der Waals surface area (Å²) in [7, 11) is 0. The number of amides is 1. The van der Waals surface area contributed by atoms with Crippen LogP contribution in [0.4, 0.5) is 0 Å². The number of benzene rings is 1. The number of piperidine rings is 1. The summed E-state index contributed by atoms with van der Waals surface area (Å²) >= 11 is 0. The van der Waals surface area contributed by atoms with Crippen molar-refractivity contribution in [1.82, 2.24) is 9.88 Å². The van der Waals surface area contributed by atoms with Gasteiger partial charge in [0.15, 0.2) is 0 Å². The molecule has 0 spiro atoms. The molecule has 1 N–H and O–H groups in total. The normalized spacial score (nSPS) is 18.1. The number of hydrogen-bond donors (Lipinski definition) is 1. The first-order chi connectivity index (χ1) is 11.1. The number of pyridine rings is 1. The van der Waals surface area contributed by atoms with E-state index < -0.39 is 5.97 Å². The highest BCUT2D eigenvalue weighted by molar-refractivity contribution is 6.05. The molecule has 1 saturated heterocycles. The third kappa shape index (κ3) is 3.50. The minimum atomic E-state index is -0.774. The van der Waals surface area contributed by atoms with Crippen LogP contribution in [0, 0.1) is 5.92 Å². The van der Waals surface area contributed by atoms with E-state index in [2.05, 4.69) is 4.98 Å². The number of hydrogen-bond acceptors (Lipinski definition) is 3. The van der Waals surface area contributed by atoms with Crippen molar-refractivity contribution in [3.05, 3.63) is 42.2 Å². The van der Waals surface area contributed by atoms with Crippen LogP contribution >= 0.6 is 0 Å². The standard InChI is InChI=1S/C18H20N2O3/c21-16(22)8-7-13-4-3-11-20(12-13)18(23)17-15-6-2-1-5-14(15)9-10-19-17/h1-2,5-6,9-10,13H,3-4,7-8,11-12H2,(H,21,22). The minimum Gasteiger partial charge on any atom is -0.481 e. The molecule has 23 heavy (non-hydrogen) atoms. The Morgan fingerprint density at radius 2 is 2.09 bits per heavy atom. The smallest absolute Gasteiger partial charge is 0.303 e. The van der Waals surface area contributed by atoms with Crippen molar-refractivity contribution < 1.29 is 14.7 Å². The summed E-state index contributed by atoms with van der Waals surface area (Å²) in [4.78, 5) is 29.7. The van der Waals surface area contributed by atoms with Crippen LogP contribution in [0.2, 0.25) is 0 Å². The van der Waals surface area contributed by atoms with Crippen LogP contribution < -0.4 is 0 Å². The van der Waals surface area contributed by atoms with Crippen LogP contribution in [0.25, 0.3) is 10.8 Å². The van der Waals surface area contributed by atoms with Crippen molar-refractivity contribution >= 4 is 22.6 Å². The van der Waals surface area contributed by atoms with Gasteiger partial charge in [-0.3, -0.25) is 14.6 Å². The number of rotatable bonds is 4. The van der Waals surface area contributed by atoms with Gasteiger partial charge in [-0.05, 0) is 36.6 Å². The molecule has 1 fully saturated rings. The Balaban J connectivity index is 1.77. The molecule has 0 bridgehead atoms.